The van der Waals surface area contributed by atoms with E-state index in [-0.39, 0.29) is 0 Å². The van der Waals surface area contributed by atoms with Crippen LogP contribution in [0.2, 0.25) is 0 Å². The summed E-state index contributed by atoms with van der Waals surface area (Å²) in [7, 11) is 0. The third-order valence-electron chi connectivity index (χ3n) is 4.51. The summed E-state index contributed by atoms with van der Waals surface area (Å²) >= 11 is 0. The van der Waals surface area contributed by atoms with Gasteiger partial charge in [-0.25, -0.2) is 4.98 Å². The summed E-state index contributed by atoms with van der Waals surface area (Å²) in [5.74, 6) is 1.97. The Balaban J connectivity index is 2.10. The fourth-order valence-electron chi connectivity index (χ4n) is 3.31. The maximum Gasteiger partial charge on any atom is 0.159 e. The average molecular weight is 352 g/mol. The quantitative estimate of drug-likeness (QED) is 0.682. The van der Waals surface area contributed by atoms with Gasteiger partial charge in [-0.15, -0.1) is 0 Å². The molecule has 0 fully saturated rings. The van der Waals surface area contributed by atoms with Crippen LogP contribution in [0.4, 0.5) is 17.3 Å². The molecule has 138 valence electrons. The Morgan fingerprint density at radius 3 is 2.38 bits per heavy atom. The SMILES string of the molecule is CCCN(CCC)c1c(C)c(Nc2ccc(C)nc2C)nc2ccnn12. The third-order valence-corrected chi connectivity index (χ3v) is 4.51. The number of nitrogens with zero attached hydrogens (tertiary/aromatic N) is 5. The minimum Gasteiger partial charge on any atom is -0.356 e. The van der Waals surface area contributed by atoms with Crippen molar-refractivity contribution in [2.45, 2.75) is 47.5 Å². The van der Waals surface area contributed by atoms with Crippen molar-refractivity contribution < 1.29 is 0 Å². The summed E-state index contributed by atoms with van der Waals surface area (Å²) in [6.07, 6.45) is 3.99. The molecule has 0 amide bonds. The maximum atomic E-state index is 4.79. The molecule has 0 atom stereocenters. The predicted octanol–water partition coefficient (Wildman–Crippen LogP) is 4.42. The van der Waals surface area contributed by atoms with E-state index in [0.717, 1.165) is 65.9 Å². The van der Waals surface area contributed by atoms with Gasteiger partial charge in [0.25, 0.3) is 0 Å². The van der Waals surface area contributed by atoms with E-state index in [1.54, 1.807) is 0 Å². The van der Waals surface area contributed by atoms with Gasteiger partial charge < -0.3 is 10.2 Å². The molecule has 3 rings (SSSR count). The first-order valence-electron chi connectivity index (χ1n) is 9.35. The summed E-state index contributed by atoms with van der Waals surface area (Å²) in [6.45, 7) is 12.5. The molecule has 0 saturated heterocycles. The molecule has 0 aliphatic carbocycles. The monoisotopic (exact) mass is 352 g/mol. The highest BCUT2D eigenvalue weighted by Gasteiger charge is 2.18. The molecule has 0 radical (unpaired) electrons. The van der Waals surface area contributed by atoms with Crippen LogP contribution < -0.4 is 10.2 Å². The normalized spacial score (nSPS) is 11.1. The van der Waals surface area contributed by atoms with Gasteiger partial charge in [-0.3, -0.25) is 4.98 Å². The summed E-state index contributed by atoms with van der Waals surface area (Å²) < 4.78 is 1.95. The van der Waals surface area contributed by atoms with E-state index < -0.39 is 0 Å². The summed E-state index contributed by atoms with van der Waals surface area (Å²) in [5, 5.41) is 8.00. The molecular weight excluding hydrogens is 324 g/mol. The van der Waals surface area contributed by atoms with Gasteiger partial charge >= 0.3 is 0 Å². The average Bonchev–Trinajstić information content (AvgIpc) is 3.06. The Kier molecular flexibility index (Phi) is 5.40. The van der Waals surface area contributed by atoms with E-state index in [9.17, 15) is 0 Å². The van der Waals surface area contributed by atoms with Crippen LogP contribution in [-0.2, 0) is 0 Å². The zero-order chi connectivity index (χ0) is 18.7. The Bertz CT molecular complexity index is 893. The van der Waals surface area contributed by atoms with E-state index in [2.05, 4.69) is 47.1 Å². The Morgan fingerprint density at radius 2 is 1.73 bits per heavy atom. The number of hydrogen-bond acceptors (Lipinski definition) is 5. The second kappa shape index (κ2) is 7.72. The number of aromatic nitrogens is 4. The van der Waals surface area contributed by atoms with Gasteiger partial charge in [-0.05, 0) is 45.7 Å². The molecule has 3 heterocycles. The summed E-state index contributed by atoms with van der Waals surface area (Å²) in [4.78, 5) is 11.7. The minimum atomic E-state index is 0.850. The number of fused-ring (bicyclic) bond motifs is 1. The third kappa shape index (κ3) is 3.49. The zero-order valence-corrected chi connectivity index (χ0v) is 16.4. The molecule has 1 N–H and O–H groups in total. The number of rotatable bonds is 7. The van der Waals surface area contributed by atoms with Crippen molar-refractivity contribution in [3.05, 3.63) is 41.3 Å². The predicted molar refractivity (Wildman–Crippen MR) is 108 cm³/mol. The van der Waals surface area contributed by atoms with Gasteiger partial charge in [-0.2, -0.15) is 9.61 Å². The van der Waals surface area contributed by atoms with Crippen LogP contribution in [0.5, 0.6) is 0 Å². The van der Waals surface area contributed by atoms with Gasteiger partial charge in [-0.1, -0.05) is 13.8 Å². The molecule has 3 aromatic rings. The van der Waals surface area contributed by atoms with Crippen LogP contribution in [-0.4, -0.2) is 32.7 Å². The van der Waals surface area contributed by atoms with Crippen molar-refractivity contribution in [2.24, 2.45) is 0 Å². The van der Waals surface area contributed by atoms with E-state index in [1.807, 2.05) is 36.7 Å². The Morgan fingerprint density at radius 1 is 1.00 bits per heavy atom. The van der Waals surface area contributed by atoms with Gasteiger partial charge in [0, 0.05) is 30.4 Å². The molecule has 6 heteroatoms. The fraction of sp³-hybridized carbons (Fsp3) is 0.450. The van der Waals surface area contributed by atoms with Gasteiger partial charge in [0.15, 0.2) is 5.65 Å². The van der Waals surface area contributed by atoms with Crippen molar-refractivity contribution in [3.8, 4) is 0 Å². The standard InChI is InChI=1S/C20H28N6/c1-6-12-25(13-7-2)20-15(4)19(24-18-10-11-21-26(18)20)23-17-9-8-14(3)22-16(17)5/h8-11H,6-7,12-13H2,1-5H3,(H,23,24). The molecular formula is C20H28N6. The Labute approximate surface area is 155 Å². The molecule has 0 spiro atoms. The smallest absolute Gasteiger partial charge is 0.159 e. The lowest BCUT2D eigenvalue weighted by Crippen LogP contribution is -2.28. The van der Waals surface area contributed by atoms with Crippen molar-refractivity contribution >= 4 is 23.0 Å². The van der Waals surface area contributed by atoms with Crippen LogP contribution in [0.1, 0.15) is 43.6 Å². The second-order valence-corrected chi connectivity index (χ2v) is 6.71. The lowest BCUT2D eigenvalue weighted by molar-refractivity contribution is 0.712. The van der Waals surface area contributed by atoms with Crippen LogP contribution >= 0.6 is 0 Å². The lowest BCUT2D eigenvalue weighted by atomic mass is 10.2. The van der Waals surface area contributed by atoms with E-state index in [4.69, 9.17) is 4.98 Å². The molecule has 3 aromatic heterocycles. The van der Waals surface area contributed by atoms with Crippen molar-refractivity contribution in [3.63, 3.8) is 0 Å². The highest BCUT2D eigenvalue weighted by Crippen LogP contribution is 2.29. The topological polar surface area (TPSA) is 58.3 Å². The molecule has 0 aliphatic rings. The number of nitrogens with one attached hydrogen (secondary N) is 1. The molecule has 26 heavy (non-hydrogen) atoms. The van der Waals surface area contributed by atoms with Gasteiger partial charge in [0.2, 0.25) is 0 Å². The van der Waals surface area contributed by atoms with Crippen molar-refractivity contribution in [1.29, 1.82) is 0 Å². The number of hydrogen-bond donors (Lipinski definition) is 1. The lowest BCUT2D eigenvalue weighted by Gasteiger charge is -2.27. The fourth-order valence-corrected chi connectivity index (χ4v) is 3.31. The molecule has 0 aliphatic heterocycles. The molecule has 0 bridgehead atoms. The number of anilines is 3. The summed E-state index contributed by atoms with van der Waals surface area (Å²) in [6, 6.07) is 6.03. The number of pyridine rings is 1. The van der Waals surface area contributed by atoms with Crippen LogP contribution in [0, 0.1) is 20.8 Å². The zero-order valence-electron chi connectivity index (χ0n) is 16.4. The first-order chi connectivity index (χ1) is 12.5. The van der Waals surface area contributed by atoms with Gasteiger partial charge in [0.1, 0.15) is 11.6 Å². The van der Waals surface area contributed by atoms with Crippen LogP contribution in [0.15, 0.2) is 24.4 Å². The highest BCUT2D eigenvalue weighted by molar-refractivity contribution is 5.70. The van der Waals surface area contributed by atoms with Crippen LogP contribution in [0.3, 0.4) is 0 Å². The Hall–Kier alpha value is -2.63. The number of aryl methyl sites for hydroxylation is 2. The largest absolute Gasteiger partial charge is 0.356 e. The van der Waals surface area contributed by atoms with Crippen molar-refractivity contribution in [2.75, 3.05) is 23.3 Å². The van der Waals surface area contributed by atoms with Gasteiger partial charge in [0.05, 0.1) is 17.6 Å². The van der Waals surface area contributed by atoms with E-state index in [1.165, 1.54) is 0 Å². The molecule has 0 saturated carbocycles. The van der Waals surface area contributed by atoms with Crippen LogP contribution in [0.25, 0.3) is 5.65 Å². The first kappa shape index (κ1) is 18.2. The van der Waals surface area contributed by atoms with E-state index >= 15 is 0 Å². The molecule has 6 nitrogen and oxygen atoms in total. The maximum absolute atomic E-state index is 4.79. The molecule has 0 unspecified atom stereocenters. The first-order valence-corrected chi connectivity index (χ1v) is 9.35. The second-order valence-electron chi connectivity index (χ2n) is 6.71. The summed E-state index contributed by atoms with van der Waals surface area (Å²) in [5.41, 5.74) is 4.92. The van der Waals surface area contributed by atoms with E-state index in [0.29, 0.717) is 0 Å². The van der Waals surface area contributed by atoms with Crippen molar-refractivity contribution in [1.82, 2.24) is 19.6 Å². The highest BCUT2D eigenvalue weighted by atomic mass is 15.4. The molecule has 0 aromatic carbocycles. The minimum absolute atomic E-state index is 0.850.